The van der Waals surface area contributed by atoms with Gasteiger partial charge in [-0.25, -0.2) is 0 Å². The van der Waals surface area contributed by atoms with E-state index in [1.165, 1.54) is 11.3 Å². The van der Waals surface area contributed by atoms with Crippen LogP contribution in [0.2, 0.25) is 5.02 Å². The minimum Gasteiger partial charge on any atom is -0.381 e. The fraction of sp³-hybridized carbons (Fsp3) is 0.474. The van der Waals surface area contributed by atoms with Crippen LogP contribution >= 0.6 is 11.6 Å². The summed E-state index contributed by atoms with van der Waals surface area (Å²) in [6, 6.07) is 8.19. The lowest BCUT2D eigenvalue weighted by Gasteiger charge is -2.32. The summed E-state index contributed by atoms with van der Waals surface area (Å²) in [7, 11) is 1.83. The molecule has 23 heavy (non-hydrogen) atoms. The van der Waals surface area contributed by atoms with Gasteiger partial charge in [0.15, 0.2) is 0 Å². The van der Waals surface area contributed by atoms with Gasteiger partial charge in [-0.15, -0.1) is 0 Å². The van der Waals surface area contributed by atoms with E-state index in [1.807, 2.05) is 19.2 Å². The first-order chi connectivity index (χ1) is 11.1. The second-order valence-electron chi connectivity index (χ2n) is 7.03. The molecule has 2 aliphatic heterocycles. The maximum atomic E-state index is 6.02. The van der Waals surface area contributed by atoms with Crippen molar-refractivity contribution in [2.45, 2.75) is 38.6 Å². The molecule has 0 bridgehead atoms. The molecular weight excluding hydrogens is 308 g/mol. The maximum absolute atomic E-state index is 6.02. The van der Waals surface area contributed by atoms with Crippen molar-refractivity contribution in [3.63, 3.8) is 0 Å². The topological polar surface area (TPSA) is 24.5 Å². The van der Waals surface area contributed by atoms with Gasteiger partial charge >= 0.3 is 0 Å². The van der Waals surface area contributed by atoms with Gasteiger partial charge in [0.05, 0.1) is 6.10 Å². The predicted octanol–water partition coefficient (Wildman–Crippen LogP) is 3.91. The Morgan fingerprint density at radius 2 is 2.13 bits per heavy atom. The molecular formula is C19H23ClN2O. The summed E-state index contributed by atoms with van der Waals surface area (Å²) in [5.74, 6) is 0.518. The van der Waals surface area contributed by atoms with E-state index in [-0.39, 0.29) is 5.41 Å². The number of allylic oxidation sites excluding steroid dienone is 1. The van der Waals surface area contributed by atoms with Crippen LogP contribution in [0.4, 0.5) is 0 Å². The Morgan fingerprint density at radius 3 is 2.87 bits per heavy atom. The van der Waals surface area contributed by atoms with Crippen LogP contribution in [0.5, 0.6) is 0 Å². The zero-order chi connectivity index (χ0) is 16.0. The normalized spacial score (nSPS) is 34.8. The Hall–Kier alpha value is -1.45. The van der Waals surface area contributed by atoms with E-state index in [0.29, 0.717) is 18.2 Å². The molecule has 0 radical (unpaired) electrons. The molecule has 1 aliphatic carbocycles. The number of fused-ring (bicyclic) bond motifs is 3. The van der Waals surface area contributed by atoms with Crippen LogP contribution in [-0.2, 0) is 11.3 Å². The van der Waals surface area contributed by atoms with Crippen LogP contribution in [0, 0.1) is 11.3 Å². The average Bonchev–Trinajstić information content (AvgIpc) is 3.05. The van der Waals surface area contributed by atoms with E-state index in [4.69, 9.17) is 16.3 Å². The van der Waals surface area contributed by atoms with E-state index >= 15 is 0 Å². The van der Waals surface area contributed by atoms with Gasteiger partial charge in [0, 0.05) is 35.7 Å². The van der Waals surface area contributed by atoms with E-state index in [1.54, 1.807) is 0 Å². The standard InChI is InChI=1S/C19H23ClN2O/c1-19-9-10-21-18(19)22(12-13-3-5-14(20)6-4-13)17-8-7-15(23-2)11-16(17)19/h3-6,8-10,15-16,18,21H,7,11-12H2,1-2H3. The van der Waals surface area contributed by atoms with Crippen LogP contribution < -0.4 is 5.32 Å². The molecule has 1 aromatic rings. The monoisotopic (exact) mass is 330 g/mol. The van der Waals surface area contributed by atoms with Crippen molar-refractivity contribution >= 4 is 11.6 Å². The van der Waals surface area contributed by atoms with Gasteiger partial charge in [-0.05, 0) is 36.7 Å². The SMILES string of the molecule is COC1CC=C2C(C1)C1(C)C=CNC1N2Cc1ccc(Cl)cc1. The number of nitrogens with zero attached hydrogens (tertiary/aromatic N) is 1. The molecule has 4 atom stereocenters. The van der Waals surface area contributed by atoms with Gasteiger partial charge in [0.1, 0.15) is 6.17 Å². The third-order valence-electron chi connectivity index (χ3n) is 5.72. The number of nitrogens with one attached hydrogen (secondary N) is 1. The second-order valence-corrected chi connectivity index (χ2v) is 7.47. The number of rotatable bonds is 3. The minimum atomic E-state index is 0.134. The van der Waals surface area contributed by atoms with E-state index in [2.05, 4.69) is 47.6 Å². The molecule has 0 saturated carbocycles. The molecule has 1 N–H and O–H groups in total. The van der Waals surface area contributed by atoms with E-state index in [0.717, 1.165) is 24.4 Å². The lowest BCUT2D eigenvalue weighted by molar-refractivity contribution is 0.0681. The molecule has 4 heteroatoms. The Morgan fingerprint density at radius 1 is 1.35 bits per heavy atom. The van der Waals surface area contributed by atoms with Gasteiger partial charge in [0.2, 0.25) is 0 Å². The first-order valence-electron chi connectivity index (χ1n) is 8.29. The highest BCUT2D eigenvalue weighted by Crippen LogP contribution is 2.54. The summed E-state index contributed by atoms with van der Waals surface area (Å²) in [5, 5.41) is 4.36. The van der Waals surface area contributed by atoms with Crippen molar-refractivity contribution in [3.05, 3.63) is 58.9 Å². The largest absolute Gasteiger partial charge is 0.381 e. The van der Waals surface area contributed by atoms with Crippen molar-refractivity contribution in [1.82, 2.24) is 10.2 Å². The molecule has 0 aromatic heterocycles. The number of hydrogen-bond acceptors (Lipinski definition) is 3. The van der Waals surface area contributed by atoms with E-state index in [9.17, 15) is 0 Å². The third-order valence-corrected chi connectivity index (χ3v) is 5.98. The Balaban J connectivity index is 1.66. The highest BCUT2D eigenvalue weighted by molar-refractivity contribution is 6.30. The summed E-state index contributed by atoms with van der Waals surface area (Å²) in [6.45, 7) is 3.28. The Bertz CT molecular complexity index is 654. The fourth-order valence-electron chi connectivity index (χ4n) is 4.40. The molecule has 1 aromatic carbocycles. The summed E-state index contributed by atoms with van der Waals surface area (Å²) in [4.78, 5) is 2.53. The van der Waals surface area contributed by atoms with Crippen molar-refractivity contribution in [2.75, 3.05) is 7.11 Å². The number of halogens is 1. The molecule has 2 heterocycles. The number of methoxy groups -OCH3 is 1. The first kappa shape index (κ1) is 15.1. The molecule has 1 fully saturated rings. The molecule has 4 rings (SSSR count). The van der Waals surface area contributed by atoms with Crippen molar-refractivity contribution in [1.29, 1.82) is 0 Å². The number of ether oxygens (including phenoxy) is 1. The second kappa shape index (κ2) is 5.57. The highest BCUT2D eigenvalue weighted by atomic mass is 35.5. The quantitative estimate of drug-likeness (QED) is 0.909. The lowest BCUT2D eigenvalue weighted by Crippen LogP contribution is -2.42. The smallest absolute Gasteiger partial charge is 0.108 e. The maximum Gasteiger partial charge on any atom is 0.108 e. The molecule has 0 amide bonds. The molecule has 0 spiro atoms. The van der Waals surface area contributed by atoms with Crippen LogP contribution in [0.25, 0.3) is 0 Å². The van der Waals surface area contributed by atoms with Gasteiger partial charge in [-0.3, -0.25) is 0 Å². The molecule has 3 aliphatic rings. The predicted molar refractivity (Wildman–Crippen MR) is 92.8 cm³/mol. The summed E-state index contributed by atoms with van der Waals surface area (Å²) < 4.78 is 5.64. The van der Waals surface area contributed by atoms with Crippen LogP contribution in [0.1, 0.15) is 25.3 Å². The number of hydrogen-bond donors (Lipinski definition) is 1. The lowest BCUT2D eigenvalue weighted by atomic mass is 9.73. The van der Waals surface area contributed by atoms with Gasteiger partial charge in [-0.1, -0.05) is 42.8 Å². The van der Waals surface area contributed by atoms with Gasteiger partial charge < -0.3 is 15.0 Å². The minimum absolute atomic E-state index is 0.134. The van der Waals surface area contributed by atoms with Crippen LogP contribution in [0.15, 0.2) is 48.3 Å². The first-order valence-corrected chi connectivity index (χ1v) is 8.67. The highest BCUT2D eigenvalue weighted by Gasteiger charge is 2.55. The van der Waals surface area contributed by atoms with Crippen LogP contribution in [0.3, 0.4) is 0 Å². The third kappa shape index (κ3) is 2.38. The van der Waals surface area contributed by atoms with Crippen molar-refractivity contribution in [2.24, 2.45) is 11.3 Å². The summed E-state index contributed by atoms with van der Waals surface area (Å²) >= 11 is 6.02. The van der Waals surface area contributed by atoms with Crippen molar-refractivity contribution < 1.29 is 4.74 Å². The molecule has 4 unspecified atom stereocenters. The zero-order valence-electron chi connectivity index (χ0n) is 13.6. The zero-order valence-corrected chi connectivity index (χ0v) is 14.4. The molecule has 1 saturated heterocycles. The Kier molecular flexibility index (Phi) is 3.66. The summed E-state index contributed by atoms with van der Waals surface area (Å²) in [5.41, 5.74) is 2.90. The Labute approximate surface area is 143 Å². The fourth-order valence-corrected chi connectivity index (χ4v) is 4.52. The average molecular weight is 331 g/mol. The number of likely N-dealkylation sites (tertiary alicyclic amines) is 1. The summed E-state index contributed by atoms with van der Waals surface area (Å²) in [6.07, 6.45) is 9.61. The van der Waals surface area contributed by atoms with Gasteiger partial charge in [-0.2, -0.15) is 0 Å². The van der Waals surface area contributed by atoms with Crippen molar-refractivity contribution in [3.8, 4) is 0 Å². The molecule has 3 nitrogen and oxygen atoms in total. The molecule has 122 valence electrons. The number of benzene rings is 1. The van der Waals surface area contributed by atoms with E-state index < -0.39 is 0 Å². The van der Waals surface area contributed by atoms with Gasteiger partial charge in [0.25, 0.3) is 0 Å². The van der Waals surface area contributed by atoms with Crippen LogP contribution in [-0.4, -0.2) is 24.3 Å².